The summed E-state index contributed by atoms with van der Waals surface area (Å²) in [4.78, 5) is 29.7. The van der Waals surface area contributed by atoms with E-state index in [1.165, 1.54) is 24.5 Å². The molecule has 0 atom stereocenters. The molecular weight excluding hydrogens is 336 g/mol. The molecule has 0 fully saturated rings. The Morgan fingerprint density at radius 3 is 2.83 bits per heavy atom. The minimum Gasteiger partial charge on any atom is -0.465 e. The van der Waals surface area contributed by atoms with Crippen LogP contribution in [-0.2, 0) is 4.74 Å². The highest BCUT2D eigenvalue weighted by atomic mass is 35.5. The summed E-state index contributed by atoms with van der Waals surface area (Å²) in [6, 6.07) is 10.7. The number of esters is 1. The number of carbonyl (C=O) groups excluding carboxylic acids is 1. The third-order valence-electron chi connectivity index (χ3n) is 3.64. The van der Waals surface area contributed by atoms with Crippen molar-refractivity contribution >= 4 is 55.0 Å². The van der Waals surface area contributed by atoms with Crippen LogP contribution in [0.5, 0.6) is 0 Å². The van der Waals surface area contributed by atoms with Gasteiger partial charge < -0.3 is 4.74 Å². The van der Waals surface area contributed by atoms with E-state index < -0.39 is 11.4 Å². The highest BCUT2D eigenvalue weighted by molar-refractivity contribution is 7.24. The summed E-state index contributed by atoms with van der Waals surface area (Å²) in [6.45, 7) is 0. The molecule has 0 unspecified atom stereocenters. The predicted molar refractivity (Wildman–Crippen MR) is 90.7 cm³/mol. The number of aromatic nitrogens is 2. The molecule has 0 aliphatic heterocycles. The number of benzene rings is 1. The molecule has 0 aliphatic carbocycles. The topological polar surface area (TPSA) is 60.7 Å². The molecule has 0 saturated carbocycles. The van der Waals surface area contributed by atoms with Crippen molar-refractivity contribution in [3.05, 3.63) is 57.3 Å². The number of carbonyl (C=O) groups is 1. The highest BCUT2D eigenvalue weighted by Crippen LogP contribution is 2.31. The van der Waals surface area contributed by atoms with E-state index in [1.54, 1.807) is 10.5 Å². The fourth-order valence-corrected chi connectivity index (χ4v) is 3.96. The van der Waals surface area contributed by atoms with Gasteiger partial charge in [0.25, 0.3) is 0 Å². The number of hydrogen-bond acceptors (Lipinski definition) is 5. The van der Waals surface area contributed by atoms with E-state index in [0.29, 0.717) is 15.9 Å². The molecule has 0 aliphatic rings. The molecule has 5 nitrogen and oxygen atoms in total. The fraction of sp³-hybridized carbons (Fsp3) is 0.0625. The van der Waals surface area contributed by atoms with Gasteiger partial charge in [-0.25, -0.2) is 9.78 Å². The minimum absolute atomic E-state index is 0.0188. The van der Waals surface area contributed by atoms with Gasteiger partial charge in [-0.05, 0) is 24.3 Å². The molecule has 3 heterocycles. The minimum atomic E-state index is -0.657. The van der Waals surface area contributed by atoms with Gasteiger partial charge in [0.2, 0.25) is 5.43 Å². The monoisotopic (exact) mass is 344 g/mol. The van der Waals surface area contributed by atoms with Gasteiger partial charge in [0.05, 0.1) is 22.7 Å². The molecular formula is C16H9ClN2O3S. The number of thiazole rings is 1. The van der Waals surface area contributed by atoms with Crippen LogP contribution in [-0.4, -0.2) is 22.5 Å². The number of ether oxygens (including phenoxy) is 1. The molecule has 0 amide bonds. The number of methoxy groups -OCH3 is 1. The maximum Gasteiger partial charge on any atom is 0.344 e. The quantitative estimate of drug-likeness (QED) is 0.391. The van der Waals surface area contributed by atoms with Gasteiger partial charge in [-0.15, -0.1) is 11.3 Å². The van der Waals surface area contributed by atoms with Gasteiger partial charge in [-0.1, -0.05) is 23.7 Å². The molecule has 4 rings (SSSR count). The van der Waals surface area contributed by atoms with Crippen LogP contribution >= 0.6 is 22.9 Å². The molecule has 23 heavy (non-hydrogen) atoms. The number of hydrogen-bond donors (Lipinski definition) is 0. The molecule has 4 aromatic rings. The van der Waals surface area contributed by atoms with Crippen LogP contribution in [0.3, 0.4) is 0 Å². The Labute approximate surface area is 138 Å². The van der Waals surface area contributed by atoms with E-state index in [9.17, 15) is 9.59 Å². The first-order valence-electron chi connectivity index (χ1n) is 6.72. The van der Waals surface area contributed by atoms with Crippen molar-refractivity contribution in [3.63, 3.8) is 0 Å². The smallest absolute Gasteiger partial charge is 0.344 e. The SMILES string of the molecule is COC(=O)c1c(=O)c2ccc(Cl)nc2n2c1sc1ccccc12. The molecule has 1 aromatic carbocycles. The van der Waals surface area contributed by atoms with Gasteiger partial charge in [0.15, 0.2) is 5.65 Å². The van der Waals surface area contributed by atoms with Crippen molar-refractivity contribution in [1.82, 2.24) is 9.38 Å². The molecule has 0 bridgehead atoms. The van der Waals surface area contributed by atoms with Crippen LogP contribution in [0.25, 0.3) is 26.1 Å². The Balaban J connectivity index is 2.38. The molecule has 3 aromatic heterocycles. The van der Waals surface area contributed by atoms with E-state index in [1.807, 2.05) is 24.3 Å². The van der Waals surface area contributed by atoms with Crippen LogP contribution in [0.1, 0.15) is 10.4 Å². The second-order valence-electron chi connectivity index (χ2n) is 4.91. The van der Waals surface area contributed by atoms with E-state index >= 15 is 0 Å². The molecule has 0 radical (unpaired) electrons. The largest absolute Gasteiger partial charge is 0.465 e. The number of pyridine rings is 2. The van der Waals surface area contributed by atoms with Crippen molar-refractivity contribution in [1.29, 1.82) is 0 Å². The Hall–Kier alpha value is -2.44. The summed E-state index contributed by atoms with van der Waals surface area (Å²) in [5.74, 6) is -0.657. The average Bonchev–Trinajstić information content (AvgIpc) is 2.93. The van der Waals surface area contributed by atoms with Crippen LogP contribution in [0.15, 0.2) is 41.2 Å². The third-order valence-corrected chi connectivity index (χ3v) is 5.00. The zero-order valence-electron chi connectivity index (χ0n) is 11.9. The van der Waals surface area contributed by atoms with Gasteiger partial charge in [0, 0.05) is 0 Å². The van der Waals surface area contributed by atoms with Crippen molar-refractivity contribution in [2.45, 2.75) is 0 Å². The number of para-hydroxylation sites is 1. The average molecular weight is 345 g/mol. The normalized spacial score (nSPS) is 11.4. The van der Waals surface area contributed by atoms with Crippen molar-refractivity contribution in [2.75, 3.05) is 7.11 Å². The van der Waals surface area contributed by atoms with E-state index in [2.05, 4.69) is 4.98 Å². The lowest BCUT2D eigenvalue weighted by atomic mass is 10.2. The zero-order chi connectivity index (χ0) is 16.1. The summed E-state index contributed by atoms with van der Waals surface area (Å²) < 4.78 is 7.52. The Morgan fingerprint density at radius 1 is 1.26 bits per heavy atom. The maximum absolute atomic E-state index is 12.7. The summed E-state index contributed by atoms with van der Waals surface area (Å²) in [5.41, 5.74) is 0.910. The Kier molecular flexibility index (Phi) is 3.11. The fourth-order valence-electron chi connectivity index (χ4n) is 2.65. The lowest BCUT2D eigenvalue weighted by molar-refractivity contribution is 0.0601. The van der Waals surface area contributed by atoms with Gasteiger partial charge in [-0.3, -0.25) is 9.20 Å². The second kappa shape index (κ2) is 5.04. The van der Waals surface area contributed by atoms with E-state index in [0.717, 1.165) is 10.2 Å². The van der Waals surface area contributed by atoms with Crippen LogP contribution in [0.2, 0.25) is 5.15 Å². The lowest BCUT2D eigenvalue weighted by Gasteiger charge is -2.06. The maximum atomic E-state index is 12.7. The second-order valence-corrected chi connectivity index (χ2v) is 6.33. The number of nitrogens with zero attached hydrogens (tertiary/aromatic N) is 2. The van der Waals surface area contributed by atoms with Crippen molar-refractivity contribution in [3.8, 4) is 0 Å². The summed E-state index contributed by atoms with van der Waals surface area (Å²) in [5, 5.41) is 0.614. The van der Waals surface area contributed by atoms with Crippen molar-refractivity contribution in [2.24, 2.45) is 0 Å². The van der Waals surface area contributed by atoms with E-state index in [-0.39, 0.29) is 10.7 Å². The summed E-state index contributed by atoms with van der Waals surface area (Å²) >= 11 is 7.35. The van der Waals surface area contributed by atoms with Gasteiger partial charge in [0.1, 0.15) is 15.5 Å². The predicted octanol–water partition coefficient (Wildman–Crippen LogP) is 3.50. The lowest BCUT2D eigenvalue weighted by Crippen LogP contribution is -2.19. The van der Waals surface area contributed by atoms with Gasteiger partial charge >= 0.3 is 5.97 Å². The highest BCUT2D eigenvalue weighted by Gasteiger charge is 2.22. The third kappa shape index (κ3) is 1.95. The van der Waals surface area contributed by atoms with Gasteiger partial charge in [-0.2, -0.15) is 0 Å². The first-order chi connectivity index (χ1) is 11.1. The first kappa shape index (κ1) is 14.2. The molecule has 0 saturated heterocycles. The molecule has 0 N–H and O–H groups in total. The molecule has 0 spiro atoms. The van der Waals surface area contributed by atoms with Crippen LogP contribution in [0.4, 0.5) is 0 Å². The molecule has 114 valence electrons. The van der Waals surface area contributed by atoms with E-state index in [4.69, 9.17) is 16.3 Å². The number of halogens is 1. The first-order valence-corrected chi connectivity index (χ1v) is 7.92. The molecule has 7 heteroatoms. The number of rotatable bonds is 1. The Bertz CT molecular complexity index is 1160. The zero-order valence-corrected chi connectivity index (χ0v) is 13.4. The number of fused-ring (bicyclic) bond motifs is 5. The standard InChI is InChI=1S/C16H9ClN2O3S/c1-22-16(21)12-13(20)8-6-7-11(17)18-14(8)19-9-4-2-3-5-10(9)23-15(12)19/h2-7H,1H3. The Morgan fingerprint density at radius 2 is 2.04 bits per heavy atom. The summed E-state index contributed by atoms with van der Waals surface area (Å²) in [6.07, 6.45) is 0. The van der Waals surface area contributed by atoms with Crippen LogP contribution in [0, 0.1) is 0 Å². The summed E-state index contributed by atoms with van der Waals surface area (Å²) in [7, 11) is 1.26. The van der Waals surface area contributed by atoms with Crippen molar-refractivity contribution < 1.29 is 9.53 Å². The van der Waals surface area contributed by atoms with Crippen LogP contribution < -0.4 is 5.43 Å².